The lowest BCUT2D eigenvalue weighted by atomic mass is 10.2. The van der Waals surface area contributed by atoms with Crippen molar-refractivity contribution in [2.45, 2.75) is 40.7 Å². The van der Waals surface area contributed by atoms with Crippen molar-refractivity contribution in [3.8, 4) is 5.75 Å². The standard InChI is InChI=1S/C22H25N3O5S2/c1-30-16-8-6-15(7-9-16)24-32(28,29)17-10-11-19-18(14-17)23-21(26)20(31-19)22(27)25-12-4-2-3-5-13-25/h6-11,14,20,24H,2-5,12-13H2,1H3,(H,23,26)/t20-/m0/s1. The molecular weight excluding hydrogens is 450 g/mol. The van der Waals surface area contributed by atoms with Gasteiger partial charge in [0, 0.05) is 23.7 Å². The Kier molecular flexibility index (Phi) is 6.61. The third-order valence-electron chi connectivity index (χ3n) is 5.49. The Morgan fingerprint density at radius 2 is 1.78 bits per heavy atom. The molecule has 1 fully saturated rings. The van der Waals surface area contributed by atoms with Crippen molar-refractivity contribution in [1.29, 1.82) is 0 Å². The summed E-state index contributed by atoms with van der Waals surface area (Å²) >= 11 is 1.17. The van der Waals surface area contributed by atoms with Crippen LogP contribution in [0.3, 0.4) is 0 Å². The molecule has 8 nitrogen and oxygen atoms in total. The summed E-state index contributed by atoms with van der Waals surface area (Å²) in [5.41, 5.74) is 0.780. The fourth-order valence-corrected chi connectivity index (χ4v) is 5.89. The van der Waals surface area contributed by atoms with Crippen LogP contribution in [0, 0.1) is 0 Å². The molecule has 2 aliphatic heterocycles. The van der Waals surface area contributed by atoms with E-state index in [0.717, 1.165) is 25.7 Å². The first-order chi connectivity index (χ1) is 15.4. The molecule has 170 valence electrons. The number of benzene rings is 2. The number of hydrogen-bond acceptors (Lipinski definition) is 6. The topological polar surface area (TPSA) is 105 Å². The highest BCUT2D eigenvalue weighted by Crippen LogP contribution is 2.38. The Bertz CT molecular complexity index is 1110. The SMILES string of the molecule is COc1ccc(NS(=O)(=O)c2ccc3c(c2)NC(=O)[C@@H](C(=O)N2CCCCCC2)S3)cc1. The van der Waals surface area contributed by atoms with Gasteiger partial charge in [0.25, 0.3) is 10.0 Å². The van der Waals surface area contributed by atoms with Gasteiger partial charge in [-0.2, -0.15) is 0 Å². The Hall–Kier alpha value is -2.72. The van der Waals surface area contributed by atoms with Crippen molar-refractivity contribution < 1.29 is 22.7 Å². The predicted octanol–water partition coefficient (Wildman–Crippen LogP) is 3.31. The maximum Gasteiger partial charge on any atom is 0.261 e. The highest BCUT2D eigenvalue weighted by atomic mass is 32.2. The summed E-state index contributed by atoms with van der Waals surface area (Å²) in [6.45, 7) is 1.34. The van der Waals surface area contributed by atoms with Gasteiger partial charge in [-0.3, -0.25) is 14.3 Å². The number of fused-ring (bicyclic) bond motifs is 1. The lowest BCUT2D eigenvalue weighted by Gasteiger charge is -2.28. The molecule has 0 unspecified atom stereocenters. The van der Waals surface area contributed by atoms with E-state index in [-0.39, 0.29) is 10.8 Å². The van der Waals surface area contributed by atoms with Crippen LogP contribution < -0.4 is 14.8 Å². The normalized spacial score (nSPS) is 18.8. The van der Waals surface area contributed by atoms with E-state index in [1.807, 2.05) is 0 Å². The predicted molar refractivity (Wildman–Crippen MR) is 124 cm³/mol. The molecule has 2 amide bonds. The van der Waals surface area contributed by atoms with Crippen LogP contribution in [-0.4, -0.2) is 50.6 Å². The van der Waals surface area contributed by atoms with E-state index < -0.39 is 21.2 Å². The number of carbonyl (C=O) groups is 2. The zero-order valence-electron chi connectivity index (χ0n) is 17.7. The van der Waals surface area contributed by atoms with Crippen molar-refractivity contribution in [1.82, 2.24) is 4.90 Å². The maximum absolute atomic E-state index is 12.9. The zero-order chi connectivity index (χ0) is 22.7. The Balaban J connectivity index is 1.51. The van der Waals surface area contributed by atoms with Gasteiger partial charge in [0.2, 0.25) is 11.8 Å². The number of thioether (sulfide) groups is 1. The number of amides is 2. The van der Waals surface area contributed by atoms with E-state index in [4.69, 9.17) is 4.74 Å². The minimum absolute atomic E-state index is 0.0188. The van der Waals surface area contributed by atoms with Crippen LogP contribution in [0.5, 0.6) is 5.75 Å². The monoisotopic (exact) mass is 475 g/mol. The summed E-state index contributed by atoms with van der Waals surface area (Å²) in [6, 6.07) is 11.0. The molecule has 10 heteroatoms. The largest absolute Gasteiger partial charge is 0.497 e. The molecule has 2 heterocycles. The number of hydrogen-bond donors (Lipinski definition) is 2. The molecule has 0 aromatic heterocycles. The molecule has 0 spiro atoms. The number of likely N-dealkylation sites (tertiary alicyclic amines) is 1. The number of rotatable bonds is 5. The van der Waals surface area contributed by atoms with Gasteiger partial charge in [0.15, 0.2) is 5.25 Å². The molecule has 2 aliphatic rings. The van der Waals surface area contributed by atoms with E-state index in [0.29, 0.717) is 35.1 Å². The van der Waals surface area contributed by atoms with Gasteiger partial charge in [-0.05, 0) is 55.3 Å². The smallest absolute Gasteiger partial charge is 0.261 e. The lowest BCUT2D eigenvalue weighted by Crippen LogP contribution is -2.45. The zero-order valence-corrected chi connectivity index (χ0v) is 19.3. The van der Waals surface area contributed by atoms with Crippen LogP contribution in [-0.2, 0) is 19.6 Å². The van der Waals surface area contributed by atoms with Gasteiger partial charge >= 0.3 is 0 Å². The van der Waals surface area contributed by atoms with E-state index in [9.17, 15) is 18.0 Å². The highest BCUT2D eigenvalue weighted by Gasteiger charge is 2.36. The molecule has 1 saturated heterocycles. The number of nitrogens with zero attached hydrogens (tertiary/aromatic N) is 1. The second-order valence-corrected chi connectivity index (χ2v) is 10.5. The molecule has 0 bridgehead atoms. The molecule has 2 aromatic rings. The van der Waals surface area contributed by atoms with Gasteiger partial charge in [-0.15, -0.1) is 11.8 Å². The Labute approximate surface area is 191 Å². The summed E-state index contributed by atoms with van der Waals surface area (Å²) in [5, 5.41) is 1.86. The molecule has 2 N–H and O–H groups in total. The first-order valence-corrected chi connectivity index (χ1v) is 12.8. The summed E-state index contributed by atoms with van der Waals surface area (Å²) in [7, 11) is -2.33. The molecule has 2 aromatic carbocycles. The number of methoxy groups -OCH3 is 1. The molecule has 0 aliphatic carbocycles. The van der Waals surface area contributed by atoms with Crippen molar-refractivity contribution in [3.63, 3.8) is 0 Å². The maximum atomic E-state index is 12.9. The van der Waals surface area contributed by atoms with E-state index >= 15 is 0 Å². The second kappa shape index (κ2) is 9.41. The van der Waals surface area contributed by atoms with Crippen LogP contribution >= 0.6 is 11.8 Å². The third kappa shape index (κ3) is 4.86. The van der Waals surface area contributed by atoms with Gasteiger partial charge in [-0.1, -0.05) is 12.8 Å². The van der Waals surface area contributed by atoms with E-state index in [1.165, 1.54) is 31.0 Å². The van der Waals surface area contributed by atoms with Crippen molar-refractivity contribution in [2.75, 3.05) is 30.2 Å². The fourth-order valence-electron chi connectivity index (χ4n) is 3.75. The molecule has 32 heavy (non-hydrogen) atoms. The van der Waals surface area contributed by atoms with E-state index in [1.54, 1.807) is 35.2 Å². The molecule has 1 atom stereocenters. The number of sulfonamides is 1. The third-order valence-corrected chi connectivity index (χ3v) is 8.13. The minimum atomic E-state index is -3.86. The van der Waals surface area contributed by atoms with Crippen LogP contribution in [0.1, 0.15) is 25.7 Å². The number of ether oxygens (including phenoxy) is 1. The number of anilines is 2. The quantitative estimate of drug-likeness (QED) is 0.643. The van der Waals surface area contributed by atoms with Crippen LogP contribution in [0.25, 0.3) is 0 Å². The van der Waals surface area contributed by atoms with Gasteiger partial charge in [0.05, 0.1) is 17.7 Å². The summed E-state index contributed by atoms with van der Waals surface area (Å²) in [6.07, 6.45) is 4.09. The molecule has 4 rings (SSSR count). The summed E-state index contributed by atoms with van der Waals surface area (Å²) < 4.78 is 33.2. The highest BCUT2D eigenvalue weighted by molar-refractivity contribution is 8.01. The second-order valence-electron chi connectivity index (χ2n) is 7.72. The fraction of sp³-hybridized carbons (Fsp3) is 0.364. The average Bonchev–Trinajstić information content (AvgIpc) is 3.08. The van der Waals surface area contributed by atoms with Gasteiger partial charge in [-0.25, -0.2) is 8.42 Å². The molecular formula is C22H25N3O5S2. The van der Waals surface area contributed by atoms with Crippen molar-refractivity contribution >= 4 is 45.0 Å². The van der Waals surface area contributed by atoms with E-state index in [2.05, 4.69) is 10.0 Å². The Morgan fingerprint density at radius 1 is 1.09 bits per heavy atom. The lowest BCUT2D eigenvalue weighted by molar-refractivity contribution is -0.133. The van der Waals surface area contributed by atoms with Crippen LogP contribution in [0.15, 0.2) is 52.3 Å². The molecule has 0 radical (unpaired) electrons. The van der Waals surface area contributed by atoms with Crippen molar-refractivity contribution in [3.05, 3.63) is 42.5 Å². The number of carbonyl (C=O) groups excluding carboxylic acids is 2. The average molecular weight is 476 g/mol. The van der Waals surface area contributed by atoms with Crippen molar-refractivity contribution in [2.24, 2.45) is 0 Å². The van der Waals surface area contributed by atoms with Gasteiger partial charge in [0.1, 0.15) is 5.75 Å². The first kappa shape index (κ1) is 22.5. The van der Waals surface area contributed by atoms with Crippen LogP contribution in [0.4, 0.5) is 11.4 Å². The Morgan fingerprint density at radius 3 is 2.44 bits per heavy atom. The summed E-state index contributed by atoms with van der Waals surface area (Å²) in [5.74, 6) is 0.0121. The molecule has 0 saturated carbocycles. The van der Waals surface area contributed by atoms with Crippen LogP contribution in [0.2, 0.25) is 0 Å². The van der Waals surface area contributed by atoms with Gasteiger partial charge < -0.3 is 15.0 Å². The summed E-state index contributed by atoms with van der Waals surface area (Å²) in [4.78, 5) is 28.1. The first-order valence-electron chi connectivity index (χ1n) is 10.4. The number of nitrogens with one attached hydrogen (secondary N) is 2. The minimum Gasteiger partial charge on any atom is -0.497 e.